The van der Waals surface area contributed by atoms with Crippen LogP contribution in [0.4, 0.5) is 8.78 Å². The van der Waals surface area contributed by atoms with Crippen molar-refractivity contribution in [1.82, 2.24) is 0 Å². The van der Waals surface area contributed by atoms with Gasteiger partial charge in [-0.15, -0.1) is 0 Å². The molecule has 4 heteroatoms. The molecule has 1 unspecified atom stereocenters. The third-order valence-corrected chi connectivity index (χ3v) is 2.76. The standard InChI is InChI=1S/C14H13F2NO/c15-11-4-5-13(16)12(7-11)14(18)10-3-1-2-9(6-10)8-17/h1-7,14,18H,8,17H2. The van der Waals surface area contributed by atoms with E-state index in [2.05, 4.69) is 0 Å². The Morgan fingerprint density at radius 3 is 2.61 bits per heavy atom. The Balaban J connectivity index is 2.40. The van der Waals surface area contributed by atoms with Crippen molar-refractivity contribution in [3.05, 3.63) is 70.8 Å². The minimum absolute atomic E-state index is 0.0795. The Morgan fingerprint density at radius 1 is 1.11 bits per heavy atom. The lowest BCUT2D eigenvalue weighted by molar-refractivity contribution is 0.214. The molecule has 1 atom stereocenters. The maximum atomic E-state index is 13.5. The monoisotopic (exact) mass is 249 g/mol. The summed E-state index contributed by atoms with van der Waals surface area (Å²) < 4.78 is 26.6. The van der Waals surface area contributed by atoms with Gasteiger partial charge in [-0.2, -0.15) is 0 Å². The highest BCUT2D eigenvalue weighted by Crippen LogP contribution is 2.25. The van der Waals surface area contributed by atoms with E-state index in [0.717, 1.165) is 23.8 Å². The van der Waals surface area contributed by atoms with E-state index in [1.165, 1.54) is 0 Å². The molecular weight excluding hydrogens is 236 g/mol. The van der Waals surface area contributed by atoms with Crippen LogP contribution in [0.5, 0.6) is 0 Å². The molecular formula is C14H13F2NO. The normalized spacial score (nSPS) is 12.4. The average molecular weight is 249 g/mol. The maximum absolute atomic E-state index is 13.5. The molecule has 2 aromatic rings. The smallest absolute Gasteiger partial charge is 0.129 e. The van der Waals surface area contributed by atoms with E-state index in [1.807, 2.05) is 0 Å². The minimum atomic E-state index is -1.20. The number of halogens is 2. The van der Waals surface area contributed by atoms with E-state index in [1.54, 1.807) is 24.3 Å². The van der Waals surface area contributed by atoms with Crippen LogP contribution >= 0.6 is 0 Å². The van der Waals surface area contributed by atoms with Crippen LogP contribution < -0.4 is 5.73 Å². The third-order valence-electron chi connectivity index (χ3n) is 2.76. The number of nitrogens with two attached hydrogens (primary N) is 1. The number of rotatable bonds is 3. The predicted octanol–water partition coefficient (Wildman–Crippen LogP) is 2.51. The fourth-order valence-electron chi connectivity index (χ4n) is 1.79. The van der Waals surface area contributed by atoms with Crippen LogP contribution in [-0.4, -0.2) is 5.11 Å². The first kappa shape index (κ1) is 12.7. The number of aliphatic hydroxyl groups excluding tert-OH is 1. The molecule has 94 valence electrons. The first-order chi connectivity index (χ1) is 8.61. The van der Waals surface area contributed by atoms with Crippen molar-refractivity contribution in [2.75, 3.05) is 0 Å². The lowest BCUT2D eigenvalue weighted by Gasteiger charge is -2.13. The Morgan fingerprint density at radius 2 is 1.89 bits per heavy atom. The molecule has 0 bridgehead atoms. The molecule has 0 aliphatic rings. The molecule has 18 heavy (non-hydrogen) atoms. The molecule has 2 rings (SSSR count). The van der Waals surface area contributed by atoms with Crippen molar-refractivity contribution < 1.29 is 13.9 Å². The molecule has 0 amide bonds. The summed E-state index contributed by atoms with van der Waals surface area (Å²) >= 11 is 0. The molecule has 3 N–H and O–H groups in total. The highest BCUT2D eigenvalue weighted by molar-refractivity contribution is 5.33. The van der Waals surface area contributed by atoms with Crippen LogP contribution in [0.1, 0.15) is 22.8 Å². The van der Waals surface area contributed by atoms with E-state index >= 15 is 0 Å². The molecule has 0 heterocycles. The Kier molecular flexibility index (Phi) is 3.69. The van der Waals surface area contributed by atoms with Gasteiger partial charge in [0, 0.05) is 12.1 Å². The van der Waals surface area contributed by atoms with Gasteiger partial charge in [0.2, 0.25) is 0 Å². The Labute approximate surface area is 104 Å². The van der Waals surface area contributed by atoms with Gasteiger partial charge >= 0.3 is 0 Å². The summed E-state index contributed by atoms with van der Waals surface area (Å²) in [7, 11) is 0. The van der Waals surface area contributed by atoms with Crippen LogP contribution in [0.2, 0.25) is 0 Å². The lowest BCUT2D eigenvalue weighted by atomic mass is 9.99. The predicted molar refractivity (Wildman–Crippen MR) is 64.8 cm³/mol. The third kappa shape index (κ3) is 2.55. The topological polar surface area (TPSA) is 46.2 Å². The molecule has 0 saturated heterocycles. The van der Waals surface area contributed by atoms with Crippen molar-refractivity contribution in [3.8, 4) is 0 Å². The quantitative estimate of drug-likeness (QED) is 0.878. The van der Waals surface area contributed by atoms with Crippen molar-refractivity contribution in [3.63, 3.8) is 0 Å². The van der Waals surface area contributed by atoms with Crippen molar-refractivity contribution in [2.45, 2.75) is 12.6 Å². The second-order valence-corrected chi connectivity index (χ2v) is 4.02. The number of benzene rings is 2. The first-order valence-electron chi connectivity index (χ1n) is 5.53. The lowest BCUT2D eigenvalue weighted by Crippen LogP contribution is -2.05. The maximum Gasteiger partial charge on any atom is 0.129 e. The van der Waals surface area contributed by atoms with E-state index in [-0.39, 0.29) is 5.56 Å². The van der Waals surface area contributed by atoms with E-state index in [0.29, 0.717) is 12.1 Å². The average Bonchev–Trinajstić information content (AvgIpc) is 2.41. The van der Waals surface area contributed by atoms with Crippen LogP contribution in [0, 0.1) is 11.6 Å². The molecule has 0 fully saturated rings. The van der Waals surface area contributed by atoms with Crippen LogP contribution in [0.15, 0.2) is 42.5 Å². The van der Waals surface area contributed by atoms with Gasteiger partial charge in [-0.25, -0.2) is 8.78 Å². The first-order valence-corrected chi connectivity index (χ1v) is 5.53. The number of hydrogen-bond donors (Lipinski definition) is 2. The summed E-state index contributed by atoms with van der Waals surface area (Å²) in [5.41, 5.74) is 6.73. The molecule has 0 radical (unpaired) electrons. The van der Waals surface area contributed by atoms with E-state index < -0.39 is 17.7 Å². The van der Waals surface area contributed by atoms with Crippen LogP contribution in [0.25, 0.3) is 0 Å². The minimum Gasteiger partial charge on any atom is -0.384 e. The van der Waals surface area contributed by atoms with Crippen molar-refractivity contribution in [2.24, 2.45) is 5.73 Å². The van der Waals surface area contributed by atoms with Gasteiger partial charge in [0.1, 0.15) is 17.7 Å². The highest BCUT2D eigenvalue weighted by Gasteiger charge is 2.16. The zero-order valence-electron chi connectivity index (χ0n) is 9.61. The van der Waals surface area contributed by atoms with Gasteiger partial charge in [0.25, 0.3) is 0 Å². The van der Waals surface area contributed by atoms with Gasteiger partial charge in [0.15, 0.2) is 0 Å². The van der Waals surface area contributed by atoms with Gasteiger partial charge in [-0.1, -0.05) is 24.3 Å². The Bertz CT molecular complexity index is 557. The van der Waals surface area contributed by atoms with Gasteiger partial charge in [-0.05, 0) is 29.3 Å². The zero-order valence-corrected chi connectivity index (χ0v) is 9.61. The summed E-state index contributed by atoms with van der Waals surface area (Å²) in [5.74, 6) is -1.22. The molecule has 2 aromatic carbocycles. The van der Waals surface area contributed by atoms with Crippen molar-refractivity contribution in [1.29, 1.82) is 0 Å². The fourth-order valence-corrected chi connectivity index (χ4v) is 1.79. The molecule has 0 saturated carbocycles. The zero-order chi connectivity index (χ0) is 13.1. The Hall–Kier alpha value is -1.78. The second-order valence-electron chi connectivity index (χ2n) is 4.02. The summed E-state index contributed by atoms with van der Waals surface area (Å²) in [4.78, 5) is 0. The van der Waals surface area contributed by atoms with Crippen LogP contribution in [0.3, 0.4) is 0 Å². The van der Waals surface area contributed by atoms with Gasteiger partial charge in [-0.3, -0.25) is 0 Å². The fraction of sp³-hybridized carbons (Fsp3) is 0.143. The molecule has 0 aliphatic carbocycles. The summed E-state index contributed by atoms with van der Waals surface area (Å²) in [6.07, 6.45) is -1.20. The SMILES string of the molecule is NCc1cccc(C(O)c2cc(F)ccc2F)c1. The summed E-state index contributed by atoms with van der Waals surface area (Å²) in [6, 6.07) is 9.86. The van der Waals surface area contributed by atoms with Crippen molar-refractivity contribution >= 4 is 0 Å². The van der Waals surface area contributed by atoms with Crippen LogP contribution in [-0.2, 0) is 6.54 Å². The summed E-state index contributed by atoms with van der Waals surface area (Å²) in [5, 5.41) is 10.1. The molecule has 0 aliphatic heterocycles. The molecule has 0 aromatic heterocycles. The molecule has 2 nitrogen and oxygen atoms in total. The number of aliphatic hydroxyl groups is 1. The highest BCUT2D eigenvalue weighted by atomic mass is 19.1. The summed E-state index contributed by atoms with van der Waals surface area (Å²) in [6.45, 7) is 0.326. The van der Waals surface area contributed by atoms with E-state index in [9.17, 15) is 13.9 Å². The largest absolute Gasteiger partial charge is 0.384 e. The number of hydrogen-bond acceptors (Lipinski definition) is 2. The molecule has 0 spiro atoms. The second kappa shape index (κ2) is 5.25. The van der Waals surface area contributed by atoms with Gasteiger partial charge < -0.3 is 10.8 Å². The van der Waals surface area contributed by atoms with Gasteiger partial charge in [0.05, 0.1) is 0 Å². The van der Waals surface area contributed by atoms with E-state index in [4.69, 9.17) is 5.73 Å².